The second-order valence-corrected chi connectivity index (χ2v) is 7.22. The summed E-state index contributed by atoms with van der Waals surface area (Å²) in [6.45, 7) is -0.218. The van der Waals surface area contributed by atoms with Crippen molar-refractivity contribution < 1.29 is 27.5 Å². The van der Waals surface area contributed by atoms with Gasteiger partial charge in [-0.1, -0.05) is 24.6 Å². The van der Waals surface area contributed by atoms with Crippen molar-refractivity contribution in [2.45, 2.75) is 38.0 Å². The van der Waals surface area contributed by atoms with Crippen molar-refractivity contribution in [1.82, 2.24) is 10.6 Å². The molecule has 0 aromatic heterocycles. The lowest BCUT2D eigenvalue weighted by Crippen LogP contribution is -2.44. The first-order valence-electron chi connectivity index (χ1n) is 9.67. The summed E-state index contributed by atoms with van der Waals surface area (Å²) < 4.78 is 44.4. The van der Waals surface area contributed by atoms with E-state index in [0.29, 0.717) is 24.2 Å². The van der Waals surface area contributed by atoms with Gasteiger partial charge in [0.2, 0.25) is 5.91 Å². The molecule has 30 heavy (non-hydrogen) atoms. The fraction of sp³-hybridized carbons (Fsp3) is 0.364. The number of hydrogen-bond acceptors (Lipinski definition) is 3. The molecule has 1 saturated carbocycles. The summed E-state index contributed by atoms with van der Waals surface area (Å²) in [5.41, 5.74) is -0.308. The molecule has 0 aliphatic heterocycles. The minimum atomic E-state index is -4.48. The van der Waals surface area contributed by atoms with E-state index in [-0.39, 0.29) is 30.0 Å². The van der Waals surface area contributed by atoms with Crippen molar-refractivity contribution >= 4 is 11.8 Å². The van der Waals surface area contributed by atoms with E-state index in [4.69, 9.17) is 4.74 Å². The van der Waals surface area contributed by atoms with E-state index in [2.05, 4.69) is 10.6 Å². The number of hydrogen-bond donors (Lipinski definition) is 2. The Kier molecular flexibility index (Phi) is 6.64. The lowest BCUT2D eigenvalue weighted by molar-refractivity contribution is -0.138. The second-order valence-electron chi connectivity index (χ2n) is 7.22. The Bertz CT molecular complexity index is 897. The Hall–Kier alpha value is -3.03. The quantitative estimate of drug-likeness (QED) is 0.744. The van der Waals surface area contributed by atoms with Gasteiger partial charge in [0.25, 0.3) is 5.91 Å². The maximum Gasteiger partial charge on any atom is 0.416 e. The maximum atomic E-state index is 13.1. The van der Waals surface area contributed by atoms with Crippen molar-refractivity contribution in [2.24, 2.45) is 5.92 Å². The molecule has 2 aromatic rings. The molecule has 2 aromatic carbocycles. The largest absolute Gasteiger partial charge is 0.497 e. The molecule has 1 aliphatic carbocycles. The summed E-state index contributed by atoms with van der Waals surface area (Å²) in [6, 6.07) is 11.4. The maximum absolute atomic E-state index is 13.1. The molecule has 2 amide bonds. The van der Waals surface area contributed by atoms with Crippen molar-refractivity contribution in [3.63, 3.8) is 0 Å². The van der Waals surface area contributed by atoms with E-state index in [1.54, 1.807) is 24.3 Å². The number of nitrogens with one attached hydrogen (secondary N) is 2. The Labute approximate surface area is 172 Å². The van der Waals surface area contributed by atoms with Gasteiger partial charge in [0, 0.05) is 18.2 Å². The molecule has 0 heterocycles. The summed E-state index contributed by atoms with van der Waals surface area (Å²) in [5.74, 6) is -0.511. The van der Waals surface area contributed by atoms with Crippen molar-refractivity contribution in [1.29, 1.82) is 0 Å². The van der Waals surface area contributed by atoms with Gasteiger partial charge in [0.1, 0.15) is 5.75 Å². The molecule has 0 spiro atoms. The number of alkyl halides is 3. The first kappa shape index (κ1) is 21.7. The SMILES string of the molecule is COc1ccc(C(=O)N[C@@H]2CCC[C@@H]2C(=O)NCc2ccccc2C(F)(F)F)cc1. The van der Waals surface area contributed by atoms with Gasteiger partial charge < -0.3 is 15.4 Å². The predicted octanol–water partition coefficient (Wildman–Crippen LogP) is 3.93. The summed E-state index contributed by atoms with van der Waals surface area (Å²) >= 11 is 0. The second kappa shape index (κ2) is 9.19. The number of carbonyl (C=O) groups is 2. The summed E-state index contributed by atoms with van der Waals surface area (Å²) in [5, 5.41) is 5.48. The predicted molar refractivity (Wildman–Crippen MR) is 105 cm³/mol. The highest BCUT2D eigenvalue weighted by Gasteiger charge is 2.35. The molecule has 1 aliphatic rings. The average Bonchev–Trinajstić information content (AvgIpc) is 3.19. The van der Waals surface area contributed by atoms with E-state index in [0.717, 1.165) is 12.5 Å². The van der Waals surface area contributed by atoms with E-state index in [1.807, 2.05) is 0 Å². The average molecular weight is 420 g/mol. The normalized spacial score (nSPS) is 18.7. The molecule has 8 heteroatoms. The highest BCUT2D eigenvalue weighted by molar-refractivity contribution is 5.95. The number of rotatable bonds is 6. The zero-order chi connectivity index (χ0) is 21.7. The van der Waals surface area contributed by atoms with Crippen LogP contribution in [-0.2, 0) is 17.5 Å². The standard InChI is InChI=1S/C22H23F3N2O3/c1-30-16-11-9-14(10-12-16)20(28)27-19-8-4-6-17(19)21(29)26-13-15-5-2-3-7-18(15)22(23,24)25/h2-3,5,7,9-12,17,19H,4,6,8,13H2,1H3,(H,26,29)(H,27,28)/t17-,19+/m0/s1. The zero-order valence-corrected chi connectivity index (χ0v) is 16.5. The minimum Gasteiger partial charge on any atom is -0.497 e. The van der Waals surface area contributed by atoms with E-state index >= 15 is 0 Å². The molecule has 1 fully saturated rings. The fourth-order valence-electron chi connectivity index (χ4n) is 3.71. The summed E-state index contributed by atoms with van der Waals surface area (Å²) in [6.07, 6.45) is -2.52. The molecule has 2 atom stereocenters. The Balaban J connectivity index is 1.61. The highest BCUT2D eigenvalue weighted by atomic mass is 19.4. The third-order valence-corrected chi connectivity index (χ3v) is 5.30. The van der Waals surface area contributed by atoms with Crippen LogP contribution in [0.5, 0.6) is 5.75 Å². The lowest BCUT2D eigenvalue weighted by Gasteiger charge is -2.21. The van der Waals surface area contributed by atoms with Crippen LogP contribution in [0.2, 0.25) is 0 Å². The zero-order valence-electron chi connectivity index (χ0n) is 16.5. The molecule has 0 radical (unpaired) electrons. The molecule has 3 rings (SSSR count). The molecular weight excluding hydrogens is 397 g/mol. The highest BCUT2D eigenvalue weighted by Crippen LogP contribution is 2.32. The van der Waals surface area contributed by atoms with Crippen LogP contribution in [0, 0.1) is 5.92 Å². The number of methoxy groups -OCH3 is 1. The van der Waals surface area contributed by atoms with Crippen molar-refractivity contribution in [3.05, 3.63) is 65.2 Å². The van der Waals surface area contributed by atoms with Gasteiger partial charge in [-0.3, -0.25) is 9.59 Å². The van der Waals surface area contributed by atoms with Gasteiger partial charge in [-0.05, 0) is 48.7 Å². The number of halogens is 3. The molecule has 5 nitrogen and oxygen atoms in total. The third-order valence-electron chi connectivity index (χ3n) is 5.30. The first-order chi connectivity index (χ1) is 14.3. The van der Waals surface area contributed by atoms with Gasteiger partial charge in [0.05, 0.1) is 18.6 Å². The molecule has 0 bridgehead atoms. The fourth-order valence-corrected chi connectivity index (χ4v) is 3.71. The molecule has 2 N–H and O–H groups in total. The van der Waals surface area contributed by atoms with Gasteiger partial charge >= 0.3 is 6.18 Å². The summed E-state index contributed by atoms with van der Waals surface area (Å²) in [7, 11) is 1.53. The smallest absolute Gasteiger partial charge is 0.416 e. The van der Waals surface area contributed by atoms with Crippen molar-refractivity contribution in [2.75, 3.05) is 7.11 Å². The Morgan fingerprint density at radius 1 is 1.07 bits per heavy atom. The van der Waals surface area contributed by atoms with Crippen LogP contribution in [0.1, 0.15) is 40.7 Å². The minimum absolute atomic E-state index is 0.00941. The first-order valence-corrected chi connectivity index (χ1v) is 9.67. The van der Waals surface area contributed by atoms with Crippen LogP contribution in [0.25, 0.3) is 0 Å². The number of benzene rings is 2. The topological polar surface area (TPSA) is 67.4 Å². The van der Waals surface area contributed by atoms with Crippen LogP contribution < -0.4 is 15.4 Å². The Morgan fingerprint density at radius 2 is 1.77 bits per heavy atom. The monoisotopic (exact) mass is 420 g/mol. The number of ether oxygens (including phenoxy) is 1. The molecule has 0 saturated heterocycles. The van der Waals surface area contributed by atoms with Crippen molar-refractivity contribution in [3.8, 4) is 5.75 Å². The molecule has 0 unspecified atom stereocenters. The number of amides is 2. The Morgan fingerprint density at radius 3 is 2.43 bits per heavy atom. The third kappa shape index (κ3) is 5.11. The van der Waals surface area contributed by atoms with Gasteiger partial charge in [-0.15, -0.1) is 0 Å². The summed E-state index contributed by atoms with van der Waals surface area (Å²) in [4.78, 5) is 25.1. The van der Waals surface area contributed by atoms with E-state index < -0.39 is 17.7 Å². The van der Waals surface area contributed by atoms with E-state index in [1.165, 1.54) is 25.3 Å². The van der Waals surface area contributed by atoms with Crippen LogP contribution in [-0.4, -0.2) is 25.0 Å². The lowest BCUT2D eigenvalue weighted by atomic mass is 10.0. The van der Waals surface area contributed by atoms with Crippen LogP contribution in [0.3, 0.4) is 0 Å². The molecular formula is C22H23F3N2O3. The van der Waals surface area contributed by atoms with Gasteiger partial charge in [-0.2, -0.15) is 13.2 Å². The van der Waals surface area contributed by atoms with Crippen LogP contribution in [0.15, 0.2) is 48.5 Å². The van der Waals surface area contributed by atoms with Gasteiger partial charge in [0.15, 0.2) is 0 Å². The van der Waals surface area contributed by atoms with Crippen LogP contribution in [0.4, 0.5) is 13.2 Å². The van der Waals surface area contributed by atoms with Gasteiger partial charge in [-0.25, -0.2) is 0 Å². The molecule has 160 valence electrons. The van der Waals surface area contributed by atoms with E-state index in [9.17, 15) is 22.8 Å². The van der Waals surface area contributed by atoms with Crippen LogP contribution >= 0.6 is 0 Å². The number of carbonyl (C=O) groups excluding carboxylic acids is 2.